The molecule has 3 aliphatic rings. The van der Waals surface area contributed by atoms with Crippen molar-refractivity contribution < 1.29 is 4.74 Å². The molecule has 1 fully saturated rings. The first-order valence-corrected chi connectivity index (χ1v) is 22.2. The molecule has 0 aromatic carbocycles. The van der Waals surface area contributed by atoms with Gasteiger partial charge in [-0.15, -0.1) is 0 Å². The number of hydrogen-bond donors (Lipinski definition) is 2. The summed E-state index contributed by atoms with van der Waals surface area (Å²) in [6, 6.07) is 13.8. The number of hydrogen-bond acceptors (Lipinski definition) is 8. The van der Waals surface area contributed by atoms with Crippen molar-refractivity contribution in [3.63, 3.8) is 0 Å². The maximum Gasteiger partial charge on any atom is 0.0642 e. The molecule has 322 valence electrons. The van der Waals surface area contributed by atoms with Gasteiger partial charge in [0.2, 0.25) is 0 Å². The smallest absolute Gasteiger partial charge is 0.0642 e. The van der Waals surface area contributed by atoms with E-state index in [4.69, 9.17) is 14.7 Å². The number of anilines is 1. The molecule has 0 radical (unpaired) electrons. The predicted octanol–water partition coefficient (Wildman–Crippen LogP) is 10.8. The van der Waals surface area contributed by atoms with E-state index in [0.717, 1.165) is 38.4 Å². The first-order chi connectivity index (χ1) is 27.1. The molecule has 1 saturated heterocycles. The lowest BCUT2D eigenvalue weighted by atomic mass is 9.90. The summed E-state index contributed by atoms with van der Waals surface area (Å²) in [4.78, 5) is 18.7. The van der Waals surface area contributed by atoms with Gasteiger partial charge in [-0.3, -0.25) is 15.0 Å². The monoisotopic (exact) mass is 780 g/mol. The third-order valence-corrected chi connectivity index (χ3v) is 9.35. The van der Waals surface area contributed by atoms with Crippen molar-refractivity contribution >= 4 is 5.69 Å². The zero-order valence-electron chi connectivity index (χ0n) is 39.6. The largest absolute Gasteiger partial charge is 0.378 e. The molecule has 2 atom stereocenters. The number of pyridine rings is 3. The fourth-order valence-corrected chi connectivity index (χ4v) is 6.18. The molecular weight excluding hydrogens is 691 g/mol. The Hall–Kier alpha value is -2.91. The minimum Gasteiger partial charge on any atom is -0.378 e. The van der Waals surface area contributed by atoms with Crippen molar-refractivity contribution in [1.82, 2.24) is 30.5 Å². The van der Waals surface area contributed by atoms with Crippen LogP contribution in [0.15, 0.2) is 42.6 Å². The van der Waals surface area contributed by atoms with Crippen molar-refractivity contribution in [2.24, 2.45) is 0 Å². The SMILES string of the molecule is CC.CC.CC.CC(C)c1ccc2c(n1)CCCC2.CCC(C)c1ccc2c(n1)C(N(C)C)CCC2.CCc1ccc(N2CCOCC2)cn1.CNC.CNC. The van der Waals surface area contributed by atoms with Gasteiger partial charge < -0.3 is 25.2 Å². The van der Waals surface area contributed by atoms with E-state index in [1.54, 1.807) is 0 Å². The standard InChI is InChI=1S/C15H24N2.C12H17N.C11H16N2O.2C2H7N.3C2H6/c1-5-11(2)13-10-9-12-7-6-8-14(17(3)4)15(12)16-13;1-9(2)11-8-7-10-5-3-4-6-12(10)13-11;1-2-10-3-4-11(9-12-10)13-5-7-14-8-6-13;2*1-3-2;3*1-2/h9-11,14H,5-8H2,1-4H3;7-9H,3-6H2,1-2H3;3-4,9H,2,5-8H2,1H3;2*3H,1-2H3;3*1-2H3. The van der Waals surface area contributed by atoms with E-state index < -0.39 is 0 Å². The second-order valence-electron chi connectivity index (χ2n) is 14.1. The summed E-state index contributed by atoms with van der Waals surface area (Å²) in [7, 11) is 11.8. The summed E-state index contributed by atoms with van der Waals surface area (Å²) in [5, 5.41) is 5.50. The van der Waals surface area contributed by atoms with Crippen molar-refractivity contribution in [3.05, 3.63) is 82.2 Å². The number of nitrogens with zero attached hydrogens (tertiary/aromatic N) is 5. The van der Waals surface area contributed by atoms with E-state index in [2.05, 4.69) is 111 Å². The normalized spacial score (nSPS) is 15.4. The molecule has 6 rings (SSSR count). The van der Waals surface area contributed by atoms with Crippen LogP contribution in [-0.4, -0.2) is 88.4 Å². The van der Waals surface area contributed by atoms with E-state index in [0.29, 0.717) is 17.9 Å². The number of aryl methyl sites for hydroxylation is 4. The summed E-state index contributed by atoms with van der Waals surface area (Å²) in [5.74, 6) is 1.14. The third kappa shape index (κ3) is 21.0. The second kappa shape index (κ2) is 35.3. The topological polar surface area (TPSA) is 78.4 Å². The number of morpholine rings is 1. The summed E-state index contributed by atoms with van der Waals surface area (Å²) < 4.78 is 5.30. The highest BCUT2D eigenvalue weighted by Gasteiger charge is 2.24. The molecule has 4 heterocycles. The van der Waals surface area contributed by atoms with E-state index >= 15 is 0 Å². The molecule has 3 aromatic heterocycles. The van der Waals surface area contributed by atoms with Gasteiger partial charge in [0.1, 0.15) is 0 Å². The lowest BCUT2D eigenvalue weighted by Gasteiger charge is -2.30. The van der Waals surface area contributed by atoms with Crippen LogP contribution in [0.25, 0.3) is 0 Å². The summed E-state index contributed by atoms with van der Waals surface area (Å²) in [6.45, 7) is 26.6. The van der Waals surface area contributed by atoms with Gasteiger partial charge in [0.15, 0.2) is 0 Å². The van der Waals surface area contributed by atoms with Crippen molar-refractivity contribution in [2.75, 3.05) is 73.5 Å². The first-order valence-electron chi connectivity index (χ1n) is 22.2. The molecule has 2 unspecified atom stereocenters. The average molecular weight is 780 g/mol. The fourth-order valence-electron chi connectivity index (χ4n) is 6.18. The van der Waals surface area contributed by atoms with Crippen LogP contribution in [0.3, 0.4) is 0 Å². The highest BCUT2D eigenvalue weighted by molar-refractivity contribution is 5.44. The lowest BCUT2D eigenvalue weighted by Crippen LogP contribution is -2.36. The van der Waals surface area contributed by atoms with Crippen LogP contribution in [0, 0.1) is 0 Å². The molecule has 8 nitrogen and oxygen atoms in total. The van der Waals surface area contributed by atoms with E-state index in [9.17, 15) is 0 Å². The van der Waals surface area contributed by atoms with Crippen LogP contribution in [-0.2, 0) is 30.4 Å². The van der Waals surface area contributed by atoms with Gasteiger partial charge in [0.25, 0.3) is 0 Å². The zero-order valence-corrected chi connectivity index (χ0v) is 39.6. The maximum atomic E-state index is 5.30. The third-order valence-electron chi connectivity index (χ3n) is 9.35. The Labute approximate surface area is 347 Å². The molecule has 1 aliphatic heterocycles. The number of ether oxygens (including phenoxy) is 1. The minimum absolute atomic E-state index is 0.516. The Bertz CT molecular complexity index is 1320. The number of fused-ring (bicyclic) bond motifs is 2. The van der Waals surface area contributed by atoms with E-state index in [-0.39, 0.29) is 0 Å². The molecule has 0 bridgehead atoms. The van der Waals surface area contributed by atoms with Gasteiger partial charge in [-0.2, -0.15) is 0 Å². The molecule has 3 aromatic rings. The van der Waals surface area contributed by atoms with Crippen molar-refractivity contribution in [1.29, 1.82) is 0 Å². The zero-order chi connectivity index (χ0) is 42.9. The van der Waals surface area contributed by atoms with Crippen LogP contribution >= 0.6 is 0 Å². The summed E-state index contributed by atoms with van der Waals surface area (Å²) in [5.41, 5.74) is 10.5. The Morgan fingerprint density at radius 3 is 1.80 bits per heavy atom. The van der Waals surface area contributed by atoms with Crippen LogP contribution in [0.2, 0.25) is 0 Å². The molecular formula is C48H89N7O. The molecule has 2 N–H and O–H groups in total. The summed E-state index contributed by atoms with van der Waals surface area (Å²) >= 11 is 0. The maximum absolute atomic E-state index is 5.30. The minimum atomic E-state index is 0.516. The van der Waals surface area contributed by atoms with Crippen LogP contribution < -0.4 is 15.5 Å². The Morgan fingerprint density at radius 1 is 0.732 bits per heavy atom. The van der Waals surface area contributed by atoms with E-state index in [1.807, 2.05) is 75.9 Å². The molecule has 0 spiro atoms. The molecule has 2 aliphatic carbocycles. The van der Waals surface area contributed by atoms with Gasteiger partial charge >= 0.3 is 0 Å². The average Bonchev–Trinajstić information content (AvgIpc) is 3.26. The lowest BCUT2D eigenvalue weighted by molar-refractivity contribution is 0.122. The van der Waals surface area contributed by atoms with Gasteiger partial charge in [-0.1, -0.05) is 88.3 Å². The Morgan fingerprint density at radius 2 is 1.29 bits per heavy atom. The predicted molar refractivity (Wildman–Crippen MR) is 248 cm³/mol. The Kier molecular flexibility index (Phi) is 34.8. The first kappa shape index (κ1) is 55.2. The highest BCUT2D eigenvalue weighted by Crippen LogP contribution is 2.33. The number of rotatable bonds is 6. The highest BCUT2D eigenvalue weighted by atomic mass is 16.5. The van der Waals surface area contributed by atoms with Gasteiger partial charge in [-0.25, -0.2) is 0 Å². The van der Waals surface area contributed by atoms with Gasteiger partial charge in [0, 0.05) is 35.9 Å². The Balaban J connectivity index is 0. The number of nitrogens with one attached hydrogen (secondary N) is 2. The van der Waals surface area contributed by atoms with Crippen LogP contribution in [0.1, 0.15) is 166 Å². The second-order valence-corrected chi connectivity index (χ2v) is 14.1. The fraction of sp³-hybridized carbons (Fsp3) is 0.688. The van der Waals surface area contributed by atoms with Gasteiger partial charge in [-0.05, 0) is 147 Å². The molecule has 0 saturated carbocycles. The van der Waals surface area contributed by atoms with Crippen LogP contribution in [0.4, 0.5) is 5.69 Å². The quantitative estimate of drug-likeness (QED) is 0.256. The van der Waals surface area contributed by atoms with Gasteiger partial charge in [0.05, 0.1) is 36.8 Å². The molecule has 56 heavy (non-hydrogen) atoms. The van der Waals surface area contributed by atoms with Crippen molar-refractivity contribution in [3.8, 4) is 0 Å². The molecule has 8 heteroatoms. The summed E-state index contributed by atoms with van der Waals surface area (Å²) in [6.07, 6.45) is 13.0. The van der Waals surface area contributed by atoms with E-state index in [1.165, 1.54) is 91.0 Å². The molecule has 0 amide bonds. The van der Waals surface area contributed by atoms with Crippen molar-refractivity contribution in [2.45, 2.75) is 152 Å². The van der Waals surface area contributed by atoms with Crippen LogP contribution in [0.5, 0.6) is 0 Å². The number of aromatic nitrogens is 3.